The zero-order valence-corrected chi connectivity index (χ0v) is 11.6. The van der Waals surface area contributed by atoms with Gasteiger partial charge in [-0.3, -0.25) is 4.79 Å². The highest BCUT2D eigenvalue weighted by molar-refractivity contribution is 5.70. The summed E-state index contributed by atoms with van der Waals surface area (Å²) in [6.45, 7) is 0. The molecule has 3 heteroatoms. The molecule has 1 aromatic carbocycles. The Morgan fingerprint density at radius 2 is 2.20 bits per heavy atom. The lowest BCUT2D eigenvalue weighted by atomic mass is 9.80. The number of halogens is 1. The van der Waals surface area contributed by atoms with Crippen LogP contribution >= 0.6 is 0 Å². The fraction of sp³-hybridized carbons (Fsp3) is 0.588. The van der Waals surface area contributed by atoms with Crippen LogP contribution in [0.1, 0.15) is 37.7 Å². The van der Waals surface area contributed by atoms with E-state index in [9.17, 15) is 14.3 Å². The molecule has 1 N–H and O–H groups in total. The number of carboxylic acid groups (broad SMARTS) is 1. The van der Waals surface area contributed by atoms with Gasteiger partial charge in [0.15, 0.2) is 0 Å². The van der Waals surface area contributed by atoms with Gasteiger partial charge in [0.2, 0.25) is 0 Å². The summed E-state index contributed by atoms with van der Waals surface area (Å²) in [7, 11) is 0. The molecular weight excluding hydrogens is 255 g/mol. The standard InChI is InChI=1S/C17H21FO2/c18-16-3-1-2-11(9-16)8-15(17(19)20)10-14-7-12-4-5-13(14)6-12/h1-3,9,12-15H,4-8,10H2,(H,19,20). The Labute approximate surface area is 119 Å². The zero-order chi connectivity index (χ0) is 14.1. The van der Waals surface area contributed by atoms with Crippen molar-refractivity contribution in [3.05, 3.63) is 35.6 Å². The third kappa shape index (κ3) is 2.87. The van der Waals surface area contributed by atoms with Gasteiger partial charge in [-0.2, -0.15) is 0 Å². The van der Waals surface area contributed by atoms with Crippen LogP contribution in [0.2, 0.25) is 0 Å². The number of rotatable bonds is 5. The van der Waals surface area contributed by atoms with Crippen LogP contribution < -0.4 is 0 Å². The summed E-state index contributed by atoms with van der Waals surface area (Å²) < 4.78 is 13.2. The van der Waals surface area contributed by atoms with Gasteiger partial charge in [-0.15, -0.1) is 0 Å². The van der Waals surface area contributed by atoms with E-state index in [0.717, 1.165) is 23.8 Å². The Balaban J connectivity index is 1.65. The summed E-state index contributed by atoms with van der Waals surface area (Å²) in [5.74, 6) is 0.760. The molecule has 2 bridgehead atoms. The van der Waals surface area contributed by atoms with Crippen molar-refractivity contribution in [2.45, 2.75) is 38.5 Å². The van der Waals surface area contributed by atoms with E-state index in [0.29, 0.717) is 12.3 Å². The number of hydrogen-bond acceptors (Lipinski definition) is 1. The molecule has 0 saturated heterocycles. The lowest BCUT2D eigenvalue weighted by Crippen LogP contribution is -2.23. The van der Waals surface area contributed by atoms with Crippen molar-refractivity contribution < 1.29 is 14.3 Å². The normalized spacial score (nSPS) is 29.6. The van der Waals surface area contributed by atoms with Crippen LogP contribution in [0.4, 0.5) is 4.39 Å². The van der Waals surface area contributed by atoms with E-state index in [1.165, 1.54) is 37.8 Å². The summed E-state index contributed by atoms with van der Waals surface area (Å²) in [6.07, 6.45) is 6.33. The van der Waals surface area contributed by atoms with Crippen molar-refractivity contribution >= 4 is 5.97 Å². The van der Waals surface area contributed by atoms with E-state index in [-0.39, 0.29) is 11.7 Å². The molecule has 2 aliphatic carbocycles. The second kappa shape index (κ2) is 5.55. The first-order valence-corrected chi connectivity index (χ1v) is 7.59. The predicted octanol–water partition coefficient (Wildman–Crippen LogP) is 3.90. The van der Waals surface area contributed by atoms with E-state index >= 15 is 0 Å². The van der Waals surface area contributed by atoms with Crippen LogP contribution in [0, 0.1) is 29.5 Å². The third-order valence-corrected chi connectivity index (χ3v) is 5.19. The summed E-state index contributed by atoms with van der Waals surface area (Å²) in [4.78, 5) is 11.5. The van der Waals surface area contributed by atoms with Gasteiger partial charge in [-0.1, -0.05) is 18.6 Å². The summed E-state index contributed by atoms with van der Waals surface area (Å²) in [6, 6.07) is 6.33. The molecule has 2 aliphatic rings. The molecule has 4 unspecified atom stereocenters. The average Bonchev–Trinajstić information content (AvgIpc) is 3.00. The van der Waals surface area contributed by atoms with E-state index in [1.807, 2.05) is 6.07 Å². The Morgan fingerprint density at radius 1 is 1.35 bits per heavy atom. The van der Waals surface area contributed by atoms with Crippen molar-refractivity contribution in [2.75, 3.05) is 0 Å². The first-order valence-electron chi connectivity index (χ1n) is 7.59. The molecule has 1 aromatic rings. The Morgan fingerprint density at radius 3 is 2.80 bits per heavy atom. The number of carboxylic acids is 1. The molecule has 2 fully saturated rings. The average molecular weight is 276 g/mol. The molecule has 0 aliphatic heterocycles. The summed E-state index contributed by atoms with van der Waals surface area (Å²) in [5.41, 5.74) is 0.792. The van der Waals surface area contributed by atoms with E-state index in [4.69, 9.17) is 0 Å². The topological polar surface area (TPSA) is 37.3 Å². The molecule has 3 rings (SSSR count). The van der Waals surface area contributed by atoms with E-state index in [1.54, 1.807) is 6.07 Å². The number of aliphatic carboxylic acids is 1. The van der Waals surface area contributed by atoms with Crippen molar-refractivity contribution in [1.82, 2.24) is 0 Å². The van der Waals surface area contributed by atoms with Crippen molar-refractivity contribution in [1.29, 1.82) is 0 Å². The van der Waals surface area contributed by atoms with Gasteiger partial charge >= 0.3 is 5.97 Å². The molecule has 0 heterocycles. The van der Waals surface area contributed by atoms with Crippen LogP contribution in [-0.4, -0.2) is 11.1 Å². The maximum Gasteiger partial charge on any atom is 0.306 e. The number of benzene rings is 1. The second-order valence-electron chi connectivity index (χ2n) is 6.54. The number of fused-ring (bicyclic) bond motifs is 2. The fourth-order valence-electron chi connectivity index (χ4n) is 4.25. The van der Waals surface area contributed by atoms with Crippen LogP contribution in [-0.2, 0) is 11.2 Å². The minimum atomic E-state index is -0.739. The first kappa shape index (κ1) is 13.6. The highest BCUT2D eigenvalue weighted by Crippen LogP contribution is 2.50. The van der Waals surface area contributed by atoms with Gasteiger partial charge in [0, 0.05) is 0 Å². The first-order chi connectivity index (χ1) is 9.61. The van der Waals surface area contributed by atoms with Gasteiger partial charge in [0.25, 0.3) is 0 Å². The number of hydrogen-bond donors (Lipinski definition) is 1. The van der Waals surface area contributed by atoms with Gasteiger partial charge in [-0.25, -0.2) is 4.39 Å². The Hall–Kier alpha value is -1.38. The Kier molecular flexibility index (Phi) is 3.77. The summed E-state index contributed by atoms with van der Waals surface area (Å²) in [5, 5.41) is 9.44. The molecule has 0 spiro atoms. The molecule has 2 saturated carbocycles. The molecule has 2 nitrogen and oxygen atoms in total. The van der Waals surface area contributed by atoms with Crippen molar-refractivity contribution in [3.8, 4) is 0 Å². The lowest BCUT2D eigenvalue weighted by molar-refractivity contribution is -0.142. The van der Waals surface area contributed by atoms with E-state index in [2.05, 4.69) is 0 Å². The predicted molar refractivity (Wildman–Crippen MR) is 74.8 cm³/mol. The minimum Gasteiger partial charge on any atom is -0.481 e. The molecular formula is C17H21FO2. The molecule has 0 radical (unpaired) electrons. The maximum atomic E-state index is 13.2. The van der Waals surface area contributed by atoms with Gasteiger partial charge in [0.05, 0.1) is 5.92 Å². The second-order valence-corrected chi connectivity index (χ2v) is 6.54. The molecule has 0 amide bonds. The van der Waals surface area contributed by atoms with Crippen molar-refractivity contribution in [3.63, 3.8) is 0 Å². The smallest absolute Gasteiger partial charge is 0.306 e. The monoisotopic (exact) mass is 276 g/mol. The Bertz CT molecular complexity index is 500. The SMILES string of the molecule is O=C(O)C(Cc1cccc(F)c1)CC1CC2CCC1C2. The fourth-order valence-corrected chi connectivity index (χ4v) is 4.25. The quantitative estimate of drug-likeness (QED) is 0.885. The zero-order valence-electron chi connectivity index (χ0n) is 11.6. The van der Waals surface area contributed by atoms with Crippen LogP contribution in [0.5, 0.6) is 0 Å². The highest BCUT2D eigenvalue weighted by Gasteiger charge is 2.40. The lowest BCUT2D eigenvalue weighted by Gasteiger charge is -2.24. The van der Waals surface area contributed by atoms with Crippen LogP contribution in [0.25, 0.3) is 0 Å². The maximum absolute atomic E-state index is 13.2. The molecule has 108 valence electrons. The van der Waals surface area contributed by atoms with Gasteiger partial charge in [0.1, 0.15) is 5.82 Å². The van der Waals surface area contributed by atoms with Gasteiger partial charge < -0.3 is 5.11 Å². The van der Waals surface area contributed by atoms with Gasteiger partial charge in [-0.05, 0) is 67.6 Å². The molecule has 4 atom stereocenters. The molecule has 20 heavy (non-hydrogen) atoms. The van der Waals surface area contributed by atoms with Crippen LogP contribution in [0.3, 0.4) is 0 Å². The third-order valence-electron chi connectivity index (χ3n) is 5.19. The van der Waals surface area contributed by atoms with E-state index < -0.39 is 5.97 Å². The molecule has 0 aromatic heterocycles. The van der Waals surface area contributed by atoms with Crippen LogP contribution in [0.15, 0.2) is 24.3 Å². The largest absolute Gasteiger partial charge is 0.481 e. The van der Waals surface area contributed by atoms with Crippen molar-refractivity contribution in [2.24, 2.45) is 23.7 Å². The minimum absolute atomic E-state index is 0.286. The number of carbonyl (C=O) groups is 1. The summed E-state index contributed by atoms with van der Waals surface area (Å²) >= 11 is 0. The highest BCUT2D eigenvalue weighted by atomic mass is 19.1.